The number of thiazole rings is 1. The molecule has 0 radical (unpaired) electrons. The van der Waals surface area contributed by atoms with Crippen molar-refractivity contribution in [2.24, 2.45) is 0 Å². The highest BCUT2D eigenvalue weighted by Crippen LogP contribution is 2.34. The lowest BCUT2D eigenvalue weighted by molar-refractivity contribution is -0.382. The van der Waals surface area contributed by atoms with Gasteiger partial charge in [0, 0.05) is 13.0 Å². The number of benzene rings is 1. The number of halogens is 3. The van der Waals surface area contributed by atoms with Gasteiger partial charge < -0.3 is 5.32 Å². The first kappa shape index (κ1) is 15.5. The molecule has 0 aliphatic rings. The molecule has 1 N–H and O–H groups in total. The topological polar surface area (TPSA) is 68.1 Å². The van der Waals surface area contributed by atoms with Crippen molar-refractivity contribution in [3.8, 4) is 0 Å². The van der Waals surface area contributed by atoms with Gasteiger partial charge in [0.1, 0.15) is 5.69 Å². The Bertz CT molecular complexity index is 642. The van der Waals surface area contributed by atoms with Gasteiger partial charge in [-0.1, -0.05) is 0 Å². The van der Waals surface area contributed by atoms with E-state index in [1.54, 1.807) is 12.1 Å². The molecular formula is C12H12F3N3O2S. The summed E-state index contributed by atoms with van der Waals surface area (Å²) in [6.07, 6.45) is -4.73. The first-order valence-electron chi connectivity index (χ1n) is 6.20. The molecule has 1 heterocycles. The van der Waals surface area contributed by atoms with Crippen LogP contribution in [0.3, 0.4) is 0 Å². The molecule has 0 saturated carbocycles. The van der Waals surface area contributed by atoms with E-state index in [1.165, 1.54) is 16.8 Å². The van der Waals surface area contributed by atoms with E-state index in [1.807, 2.05) is 0 Å². The maximum Gasteiger partial charge on any atom is 0.389 e. The maximum absolute atomic E-state index is 12.0. The Morgan fingerprint density at radius 2 is 2.10 bits per heavy atom. The highest BCUT2D eigenvalue weighted by Gasteiger charge is 2.26. The molecule has 114 valence electrons. The quantitative estimate of drug-likeness (QED) is 0.488. The fraction of sp³-hybridized carbons (Fsp3) is 0.417. The molecule has 1 aromatic carbocycles. The van der Waals surface area contributed by atoms with Gasteiger partial charge in [0.25, 0.3) is 0 Å². The molecule has 5 nitrogen and oxygen atoms in total. The monoisotopic (exact) mass is 319 g/mol. The van der Waals surface area contributed by atoms with Gasteiger partial charge in [-0.25, -0.2) is 4.98 Å². The molecule has 2 rings (SSSR count). The zero-order chi connectivity index (χ0) is 15.5. The van der Waals surface area contributed by atoms with Crippen molar-refractivity contribution in [2.45, 2.75) is 25.4 Å². The van der Waals surface area contributed by atoms with Gasteiger partial charge in [-0.05, 0) is 25.0 Å². The average Bonchev–Trinajstić information content (AvgIpc) is 2.84. The molecule has 0 bridgehead atoms. The number of nitro benzene ring substituents is 1. The van der Waals surface area contributed by atoms with E-state index in [9.17, 15) is 23.3 Å². The predicted molar refractivity (Wildman–Crippen MR) is 74.7 cm³/mol. The summed E-state index contributed by atoms with van der Waals surface area (Å²) in [6, 6.07) is 3.26. The van der Waals surface area contributed by atoms with Crippen molar-refractivity contribution in [2.75, 3.05) is 11.9 Å². The first-order chi connectivity index (χ1) is 9.88. The van der Waals surface area contributed by atoms with Crippen LogP contribution in [0.4, 0.5) is 24.5 Å². The SMILES string of the molecule is O=[N+]([O-])c1c(NCCCCC(F)(F)F)ccc2scnc12. The lowest BCUT2D eigenvalue weighted by atomic mass is 10.2. The van der Waals surface area contributed by atoms with Crippen LogP contribution in [0.15, 0.2) is 17.6 Å². The molecule has 0 amide bonds. The van der Waals surface area contributed by atoms with Crippen LogP contribution in [0.5, 0.6) is 0 Å². The molecule has 0 aliphatic heterocycles. The summed E-state index contributed by atoms with van der Waals surface area (Å²) in [4.78, 5) is 14.6. The number of alkyl halides is 3. The van der Waals surface area contributed by atoms with Crippen molar-refractivity contribution < 1.29 is 18.1 Å². The van der Waals surface area contributed by atoms with E-state index in [0.29, 0.717) is 10.2 Å². The number of hydrogen-bond acceptors (Lipinski definition) is 5. The fourth-order valence-corrected chi connectivity index (χ4v) is 2.60. The number of aromatic nitrogens is 1. The second-order valence-corrected chi connectivity index (χ2v) is 5.30. The number of nitrogens with one attached hydrogen (secondary N) is 1. The summed E-state index contributed by atoms with van der Waals surface area (Å²) >= 11 is 1.29. The van der Waals surface area contributed by atoms with Crippen LogP contribution in [0, 0.1) is 10.1 Å². The molecule has 2 aromatic rings. The molecule has 21 heavy (non-hydrogen) atoms. The second kappa shape index (κ2) is 6.25. The third-order valence-corrected chi connectivity index (χ3v) is 3.65. The first-order valence-corrected chi connectivity index (χ1v) is 7.07. The van der Waals surface area contributed by atoms with Crippen molar-refractivity contribution in [1.82, 2.24) is 4.98 Å². The zero-order valence-corrected chi connectivity index (χ0v) is 11.6. The minimum atomic E-state index is -4.16. The van der Waals surface area contributed by atoms with Gasteiger partial charge in [0.15, 0.2) is 5.52 Å². The van der Waals surface area contributed by atoms with E-state index in [2.05, 4.69) is 10.3 Å². The van der Waals surface area contributed by atoms with Gasteiger partial charge in [-0.15, -0.1) is 11.3 Å². The normalized spacial score (nSPS) is 11.8. The average molecular weight is 319 g/mol. The Morgan fingerprint density at radius 3 is 2.76 bits per heavy atom. The lowest BCUT2D eigenvalue weighted by Crippen LogP contribution is -2.09. The molecule has 0 atom stereocenters. The highest BCUT2D eigenvalue weighted by atomic mass is 32.1. The van der Waals surface area contributed by atoms with Crippen molar-refractivity contribution in [3.05, 3.63) is 27.8 Å². The van der Waals surface area contributed by atoms with Crippen molar-refractivity contribution >= 4 is 32.9 Å². The number of hydrogen-bond donors (Lipinski definition) is 1. The molecule has 0 fully saturated rings. The second-order valence-electron chi connectivity index (χ2n) is 4.42. The van der Waals surface area contributed by atoms with Crippen LogP contribution in [0.25, 0.3) is 10.2 Å². The van der Waals surface area contributed by atoms with E-state index in [4.69, 9.17) is 0 Å². The van der Waals surface area contributed by atoms with Gasteiger partial charge in [0.05, 0.1) is 15.1 Å². The third kappa shape index (κ3) is 4.03. The summed E-state index contributed by atoms with van der Waals surface area (Å²) in [6.45, 7) is 0.243. The number of unbranched alkanes of at least 4 members (excludes halogenated alkanes) is 1. The number of nitro groups is 1. The molecule has 0 spiro atoms. The van der Waals surface area contributed by atoms with E-state index in [0.717, 1.165) is 0 Å². The summed E-state index contributed by atoms with van der Waals surface area (Å²) in [5.41, 5.74) is 1.96. The summed E-state index contributed by atoms with van der Waals surface area (Å²) in [7, 11) is 0. The predicted octanol–water partition coefficient (Wildman–Crippen LogP) is 4.35. The van der Waals surface area contributed by atoms with E-state index >= 15 is 0 Å². The molecule has 0 saturated heterocycles. The Hall–Kier alpha value is -1.90. The third-order valence-electron chi connectivity index (χ3n) is 2.86. The Balaban J connectivity index is 2.01. The van der Waals surface area contributed by atoms with Crippen LogP contribution in [0.2, 0.25) is 0 Å². The number of nitrogens with zero attached hydrogens (tertiary/aromatic N) is 2. The smallest absolute Gasteiger partial charge is 0.379 e. The number of anilines is 1. The molecule has 1 aromatic heterocycles. The largest absolute Gasteiger partial charge is 0.389 e. The van der Waals surface area contributed by atoms with E-state index in [-0.39, 0.29) is 30.8 Å². The van der Waals surface area contributed by atoms with Crippen LogP contribution in [-0.4, -0.2) is 22.6 Å². The van der Waals surface area contributed by atoms with E-state index < -0.39 is 17.5 Å². The van der Waals surface area contributed by atoms with Crippen LogP contribution >= 0.6 is 11.3 Å². The zero-order valence-electron chi connectivity index (χ0n) is 10.8. The Morgan fingerprint density at radius 1 is 1.33 bits per heavy atom. The Kier molecular flexibility index (Phi) is 4.61. The van der Waals surface area contributed by atoms with Gasteiger partial charge >= 0.3 is 11.9 Å². The standard InChI is InChI=1S/C12H12F3N3O2S/c13-12(14,15)5-1-2-6-16-8-3-4-9-10(17-7-21-9)11(8)18(19)20/h3-4,7,16H,1-2,5-6H2. The highest BCUT2D eigenvalue weighted by molar-refractivity contribution is 7.16. The van der Waals surface area contributed by atoms with Gasteiger partial charge in [0.2, 0.25) is 0 Å². The number of rotatable bonds is 6. The summed E-state index contributed by atoms with van der Waals surface area (Å²) in [5, 5.41) is 14.0. The van der Waals surface area contributed by atoms with Gasteiger partial charge in [-0.2, -0.15) is 13.2 Å². The molecule has 0 aliphatic carbocycles. The molecule has 9 heteroatoms. The maximum atomic E-state index is 12.0. The number of fused-ring (bicyclic) bond motifs is 1. The fourth-order valence-electron chi connectivity index (χ4n) is 1.92. The van der Waals surface area contributed by atoms with Crippen LogP contribution < -0.4 is 5.32 Å². The van der Waals surface area contributed by atoms with Gasteiger partial charge in [-0.3, -0.25) is 10.1 Å². The molecular weight excluding hydrogens is 307 g/mol. The summed E-state index contributed by atoms with van der Waals surface area (Å²) < 4.78 is 36.7. The molecule has 0 unspecified atom stereocenters. The lowest BCUT2D eigenvalue weighted by Gasteiger charge is -2.08. The Labute approximate surface area is 121 Å². The van der Waals surface area contributed by atoms with Crippen LogP contribution in [0.1, 0.15) is 19.3 Å². The minimum absolute atomic E-state index is 0.0107. The van der Waals surface area contributed by atoms with Crippen molar-refractivity contribution in [1.29, 1.82) is 0 Å². The van der Waals surface area contributed by atoms with Crippen LogP contribution in [-0.2, 0) is 0 Å². The van der Waals surface area contributed by atoms with Crippen molar-refractivity contribution in [3.63, 3.8) is 0 Å². The minimum Gasteiger partial charge on any atom is -0.379 e. The summed E-state index contributed by atoms with van der Waals surface area (Å²) in [5.74, 6) is 0.